The molecule has 0 bridgehead atoms. The molecule has 62 valence electrons. The van der Waals surface area contributed by atoms with Gasteiger partial charge in [-0.05, 0) is 6.92 Å². The topological polar surface area (TPSA) is 47.9 Å². The Balaban J connectivity index is 3.02. The Morgan fingerprint density at radius 3 is 2.91 bits per heavy atom. The first-order chi connectivity index (χ1) is 5.27. The van der Waals surface area contributed by atoms with Crippen LogP contribution in [0, 0.1) is 0 Å². The molecule has 0 saturated carbocycles. The summed E-state index contributed by atoms with van der Waals surface area (Å²) >= 11 is 0. The highest BCUT2D eigenvalue weighted by Gasteiger charge is 1.87. The minimum absolute atomic E-state index is 0.266. The van der Waals surface area contributed by atoms with Crippen LogP contribution in [0.15, 0.2) is 17.1 Å². The maximum Gasteiger partial charge on any atom is 0.235 e. The van der Waals surface area contributed by atoms with E-state index < -0.39 is 0 Å². The van der Waals surface area contributed by atoms with E-state index in [9.17, 15) is 4.79 Å². The van der Waals surface area contributed by atoms with E-state index in [0.717, 1.165) is 5.57 Å². The van der Waals surface area contributed by atoms with Crippen molar-refractivity contribution in [3.8, 4) is 0 Å². The first-order valence-electron chi connectivity index (χ1n) is 3.20. The van der Waals surface area contributed by atoms with Crippen molar-refractivity contribution in [2.75, 3.05) is 19.8 Å². The zero-order valence-corrected chi connectivity index (χ0v) is 6.50. The van der Waals surface area contributed by atoms with E-state index in [4.69, 9.17) is 0 Å². The highest BCUT2D eigenvalue weighted by Crippen LogP contribution is 1.88. The molecule has 0 N–H and O–H groups in total. The Hall–Kier alpha value is -0.960. The number of hydrogen-bond acceptors (Lipinski definition) is 4. The largest absolute Gasteiger partial charge is 0.235 e. The minimum atomic E-state index is 0.266. The fourth-order valence-electron chi connectivity index (χ4n) is 0.330. The number of aliphatic imine (C=N–C) groups is 1. The zero-order chi connectivity index (χ0) is 8.53. The smallest absolute Gasteiger partial charge is 0.234 e. The standard InChI is InChI=1S/C7H11NO3/c1-7(2)5-11-10-4-3-8-6-9/h1,3-5H2,2H3. The van der Waals surface area contributed by atoms with Crippen LogP contribution < -0.4 is 0 Å². The van der Waals surface area contributed by atoms with Crippen LogP contribution in [0.5, 0.6) is 0 Å². The molecule has 0 aliphatic heterocycles. The van der Waals surface area contributed by atoms with Crippen molar-refractivity contribution in [3.05, 3.63) is 12.2 Å². The molecule has 0 unspecified atom stereocenters. The van der Waals surface area contributed by atoms with E-state index in [1.165, 1.54) is 6.08 Å². The highest BCUT2D eigenvalue weighted by molar-refractivity contribution is 5.32. The minimum Gasteiger partial charge on any atom is -0.234 e. The Labute approximate surface area is 65.5 Å². The van der Waals surface area contributed by atoms with Gasteiger partial charge in [0.25, 0.3) is 0 Å². The van der Waals surface area contributed by atoms with E-state index in [1.54, 1.807) is 0 Å². The quantitative estimate of drug-likeness (QED) is 0.143. The van der Waals surface area contributed by atoms with Crippen molar-refractivity contribution in [2.45, 2.75) is 6.92 Å². The van der Waals surface area contributed by atoms with Gasteiger partial charge in [-0.3, -0.25) is 0 Å². The summed E-state index contributed by atoms with van der Waals surface area (Å²) in [6, 6.07) is 0. The molecule has 4 heteroatoms. The SMILES string of the molecule is C=C(C)COOCCN=C=O. The second-order valence-corrected chi connectivity index (χ2v) is 2.01. The molecular formula is C7H11NO3. The van der Waals surface area contributed by atoms with Crippen molar-refractivity contribution >= 4 is 6.08 Å². The second-order valence-electron chi connectivity index (χ2n) is 2.01. The number of isocyanates is 1. The third kappa shape index (κ3) is 9.04. The number of rotatable bonds is 6. The predicted molar refractivity (Wildman–Crippen MR) is 39.7 cm³/mol. The molecule has 0 spiro atoms. The Morgan fingerprint density at radius 1 is 1.64 bits per heavy atom. The van der Waals surface area contributed by atoms with Gasteiger partial charge < -0.3 is 0 Å². The molecule has 0 radical (unpaired) electrons. The fourth-order valence-corrected chi connectivity index (χ4v) is 0.330. The first-order valence-corrected chi connectivity index (χ1v) is 3.20. The normalized spacial score (nSPS) is 8.82. The van der Waals surface area contributed by atoms with Crippen molar-refractivity contribution in [2.24, 2.45) is 4.99 Å². The lowest BCUT2D eigenvalue weighted by molar-refractivity contribution is -0.285. The van der Waals surface area contributed by atoms with Gasteiger partial charge in [-0.2, -0.15) is 0 Å². The summed E-state index contributed by atoms with van der Waals surface area (Å²) in [5, 5.41) is 0. The summed E-state index contributed by atoms with van der Waals surface area (Å²) in [5.41, 5.74) is 0.879. The van der Waals surface area contributed by atoms with E-state index in [0.29, 0.717) is 6.61 Å². The molecule has 0 heterocycles. The predicted octanol–water partition coefficient (Wildman–Crippen LogP) is 0.847. The number of nitrogens with zero attached hydrogens (tertiary/aromatic N) is 1. The summed E-state index contributed by atoms with van der Waals surface area (Å²) in [6.07, 6.45) is 1.39. The summed E-state index contributed by atoms with van der Waals surface area (Å²) in [4.78, 5) is 22.1. The van der Waals surface area contributed by atoms with Gasteiger partial charge in [-0.25, -0.2) is 19.6 Å². The summed E-state index contributed by atoms with van der Waals surface area (Å²) in [7, 11) is 0. The fraction of sp³-hybridized carbons (Fsp3) is 0.571. The Morgan fingerprint density at radius 2 is 2.36 bits per heavy atom. The first kappa shape index (κ1) is 10.0. The lowest BCUT2D eigenvalue weighted by atomic mass is 10.4. The van der Waals surface area contributed by atoms with Gasteiger partial charge in [0.2, 0.25) is 6.08 Å². The zero-order valence-electron chi connectivity index (χ0n) is 6.50. The van der Waals surface area contributed by atoms with Gasteiger partial charge in [0.1, 0.15) is 13.2 Å². The summed E-state index contributed by atoms with van der Waals surface area (Å²) in [6.45, 7) is 6.33. The third-order valence-electron chi connectivity index (χ3n) is 0.740. The van der Waals surface area contributed by atoms with Crippen LogP contribution in [0.3, 0.4) is 0 Å². The van der Waals surface area contributed by atoms with Crippen LogP contribution in [0.25, 0.3) is 0 Å². The van der Waals surface area contributed by atoms with Crippen LogP contribution in [-0.4, -0.2) is 25.8 Å². The maximum absolute atomic E-state index is 9.54. The Bertz CT molecular complexity index is 157. The third-order valence-corrected chi connectivity index (χ3v) is 0.740. The summed E-state index contributed by atoms with van der Waals surface area (Å²) < 4.78 is 0. The van der Waals surface area contributed by atoms with Gasteiger partial charge >= 0.3 is 0 Å². The maximum atomic E-state index is 9.54. The average molecular weight is 157 g/mol. The molecule has 0 aliphatic carbocycles. The van der Waals surface area contributed by atoms with Gasteiger partial charge in [-0.15, -0.1) is 0 Å². The van der Waals surface area contributed by atoms with Crippen molar-refractivity contribution < 1.29 is 14.6 Å². The average Bonchev–Trinajstić information content (AvgIpc) is 1.96. The van der Waals surface area contributed by atoms with Crippen molar-refractivity contribution in [3.63, 3.8) is 0 Å². The second kappa shape index (κ2) is 7.15. The molecule has 0 atom stereocenters. The highest BCUT2D eigenvalue weighted by atomic mass is 17.2. The van der Waals surface area contributed by atoms with Crippen molar-refractivity contribution in [1.82, 2.24) is 0 Å². The van der Waals surface area contributed by atoms with Crippen LogP contribution >= 0.6 is 0 Å². The Kier molecular flexibility index (Phi) is 6.53. The van der Waals surface area contributed by atoms with Gasteiger partial charge in [-0.1, -0.05) is 12.2 Å². The molecule has 11 heavy (non-hydrogen) atoms. The van der Waals surface area contributed by atoms with Gasteiger partial charge in [0.15, 0.2) is 0 Å². The van der Waals surface area contributed by atoms with Crippen LogP contribution in [0.4, 0.5) is 0 Å². The lowest BCUT2D eigenvalue weighted by Crippen LogP contribution is -2.01. The molecule has 0 fully saturated rings. The van der Waals surface area contributed by atoms with E-state index in [1.807, 2.05) is 6.92 Å². The molecule has 0 aliphatic rings. The van der Waals surface area contributed by atoms with Crippen LogP contribution in [0.2, 0.25) is 0 Å². The summed E-state index contributed by atoms with van der Waals surface area (Å²) in [5.74, 6) is 0. The van der Waals surface area contributed by atoms with Gasteiger partial charge in [0.05, 0.1) is 6.54 Å². The monoisotopic (exact) mass is 157 g/mol. The molecule has 0 rings (SSSR count). The molecule has 0 aromatic carbocycles. The van der Waals surface area contributed by atoms with Crippen molar-refractivity contribution in [1.29, 1.82) is 0 Å². The van der Waals surface area contributed by atoms with E-state index in [2.05, 4.69) is 21.3 Å². The molecule has 0 saturated heterocycles. The molecule has 4 nitrogen and oxygen atoms in total. The lowest BCUT2D eigenvalue weighted by Gasteiger charge is -1.99. The van der Waals surface area contributed by atoms with E-state index >= 15 is 0 Å². The molecule has 0 aromatic heterocycles. The number of hydrogen-bond donors (Lipinski definition) is 0. The van der Waals surface area contributed by atoms with E-state index in [-0.39, 0.29) is 13.2 Å². The molecule has 0 aromatic rings. The molecular weight excluding hydrogens is 146 g/mol. The van der Waals surface area contributed by atoms with Gasteiger partial charge in [0, 0.05) is 0 Å². The number of carbonyl (C=O) groups excluding carboxylic acids is 1. The van der Waals surface area contributed by atoms with Crippen LogP contribution in [0.1, 0.15) is 6.92 Å². The van der Waals surface area contributed by atoms with Crippen LogP contribution in [-0.2, 0) is 14.6 Å². The molecule has 0 amide bonds.